The molecule has 1 aromatic carbocycles. The highest BCUT2D eigenvalue weighted by Gasteiger charge is 2.25. The third-order valence-corrected chi connectivity index (χ3v) is 3.97. The first-order chi connectivity index (χ1) is 12.1. The molecule has 0 atom stereocenters. The SMILES string of the molecule is COCCN1CCN(Cc2nc(-c3ccc(F)c(F)c3)no2)CC1=O. The summed E-state index contributed by atoms with van der Waals surface area (Å²) >= 11 is 0. The quantitative estimate of drug-likeness (QED) is 0.781. The van der Waals surface area contributed by atoms with Gasteiger partial charge in [-0.25, -0.2) is 8.78 Å². The molecule has 0 unspecified atom stereocenters. The van der Waals surface area contributed by atoms with E-state index < -0.39 is 11.6 Å². The van der Waals surface area contributed by atoms with Crippen molar-refractivity contribution in [3.05, 3.63) is 35.7 Å². The highest BCUT2D eigenvalue weighted by molar-refractivity contribution is 5.79. The van der Waals surface area contributed by atoms with Gasteiger partial charge in [0.15, 0.2) is 11.6 Å². The third-order valence-electron chi connectivity index (χ3n) is 3.97. The second kappa shape index (κ2) is 7.66. The molecular weight excluding hydrogens is 334 g/mol. The maximum atomic E-state index is 13.3. The topological polar surface area (TPSA) is 71.7 Å². The number of carbonyl (C=O) groups excluding carboxylic acids is 1. The number of benzene rings is 1. The molecule has 0 spiro atoms. The Hall–Kier alpha value is -2.39. The molecule has 2 heterocycles. The van der Waals surface area contributed by atoms with E-state index in [1.165, 1.54) is 6.07 Å². The number of ether oxygens (including phenoxy) is 1. The standard InChI is InChI=1S/C16H18F2N4O3/c1-24-7-6-22-5-4-21(10-15(22)23)9-14-19-16(20-25-14)11-2-3-12(17)13(18)8-11/h2-3,8H,4-7,9-10H2,1H3. The highest BCUT2D eigenvalue weighted by atomic mass is 19.2. The fourth-order valence-electron chi connectivity index (χ4n) is 2.59. The van der Waals surface area contributed by atoms with E-state index >= 15 is 0 Å². The lowest BCUT2D eigenvalue weighted by atomic mass is 10.2. The van der Waals surface area contributed by atoms with Crippen LogP contribution < -0.4 is 0 Å². The van der Waals surface area contributed by atoms with Crippen molar-refractivity contribution in [1.82, 2.24) is 19.9 Å². The summed E-state index contributed by atoms with van der Waals surface area (Å²) < 4.78 is 36.4. The van der Waals surface area contributed by atoms with Crippen LogP contribution in [0.3, 0.4) is 0 Å². The highest BCUT2D eigenvalue weighted by Crippen LogP contribution is 2.19. The van der Waals surface area contributed by atoms with Gasteiger partial charge in [0.2, 0.25) is 17.6 Å². The molecule has 1 fully saturated rings. The predicted molar refractivity (Wildman–Crippen MR) is 83.4 cm³/mol. The monoisotopic (exact) mass is 352 g/mol. The Kier molecular flexibility index (Phi) is 5.34. The van der Waals surface area contributed by atoms with Crippen LogP contribution in [0.5, 0.6) is 0 Å². The van der Waals surface area contributed by atoms with Crippen LogP contribution in [0.15, 0.2) is 22.7 Å². The summed E-state index contributed by atoms with van der Waals surface area (Å²) in [6, 6.07) is 3.41. The first-order valence-corrected chi connectivity index (χ1v) is 7.84. The average Bonchev–Trinajstić information content (AvgIpc) is 3.05. The van der Waals surface area contributed by atoms with Crippen molar-refractivity contribution in [1.29, 1.82) is 0 Å². The van der Waals surface area contributed by atoms with Gasteiger partial charge in [-0.1, -0.05) is 5.16 Å². The lowest BCUT2D eigenvalue weighted by molar-refractivity contribution is -0.137. The van der Waals surface area contributed by atoms with Crippen LogP contribution in [0.2, 0.25) is 0 Å². The average molecular weight is 352 g/mol. The fraction of sp³-hybridized carbons (Fsp3) is 0.438. The molecule has 1 amide bonds. The molecule has 1 saturated heterocycles. The molecule has 1 aliphatic heterocycles. The zero-order chi connectivity index (χ0) is 17.8. The second-order valence-electron chi connectivity index (χ2n) is 5.72. The summed E-state index contributed by atoms with van der Waals surface area (Å²) in [5.41, 5.74) is 0.328. The van der Waals surface area contributed by atoms with Crippen molar-refractivity contribution in [3.63, 3.8) is 0 Å². The van der Waals surface area contributed by atoms with Crippen molar-refractivity contribution in [2.45, 2.75) is 6.54 Å². The number of carbonyl (C=O) groups is 1. The molecule has 1 aromatic heterocycles. The number of amides is 1. The summed E-state index contributed by atoms with van der Waals surface area (Å²) in [5.74, 6) is -1.39. The van der Waals surface area contributed by atoms with Crippen LogP contribution in [0.1, 0.15) is 5.89 Å². The summed E-state index contributed by atoms with van der Waals surface area (Å²) in [5, 5.41) is 3.78. The second-order valence-corrected chi connectivity index (χ2v) is 5.72. The van der Waals surface area contributed by atoms with Crippen LogP contribution in [0, 0.1) is 11.6 Å². The molecule has 0 bridgehead atoms. The molecule has 0 radical (unpaired) electrons. The number of hydrogen-bond acceptors (Lipinski definition) is 6. The first kappa shape index (κ1) is 17.4. The van der Waals surface area contributed by atoms with Crippen molar-refractivity contribution >= 4 is 5.91 Å². The van der Waals surface area contributed by atoms with E-state index in [0.29, 0.717) is 44.2 Å². The molecule has 1 aliphatic rings. The summed E-state index contributed by atoms with van der Waals surface area (Å²) in [4.78, 5) is 19.9. The molecule has 0 saturated carbocycles. The van der Waals surface area contributed by atoms with E-state index in [0.717, 1.165) is 12.1 Å². The Morgan fingerprint density at radius 1 is 1.28 bits per heavy atom. The van der Waals surface area contributed by atoms with Gasteiger partial charge in [0.1, 0.15) is 0 Å². The third kappa shape index (κ3) is 4.18. The zero-order valence-corrected chi connectivity index (χ0v) is 13.7. The van der Waals surface area contributed by atoms with Gasteiger partial charge in [0.25, 0.3) is 0 Å². The van der Waals surface area contributed by atoms with Gasteiger partial charge >= 0.3 is 0 Å². The Balaban J connectivity index is 1.60. The number of piperazine rings is 1. The van der Waals surface area contributed by atoms with Crippen molar-refractivity contribution in [2.24, 2.45) is 0 Å². The van der Waals surface area contributed by atoms with E-state index in [1.807, 2.05) is 4.90 Å². The lowest BCUT2D eigenvalue weighted by Gasteiger charge is -2.33. The van der Waals surface area contributed by atoms with Crippen LogP contribution in [-0.2, 0) is 16.1 Å². The summed E-state index contributed by atoms with van der Waals surface area (Å²) in [6.45, 7) is 2.94. The minimum absolute atomic E-state index is 0.0173. The Bertz CT molecular complexity index is 753. The molecule has 134 valence electrons. The normalized spacial score (nSPS) is 15.8. The Morgan fingerprint density at radius 3 is 2.84 bits per heavy atom. The van der Waals surface area contributed by atoms with Crippen LogP contribution in [-0.4, -0.2) is 65.7 Å². The molecule has 3 rings (SSSR count). The Labute approximate surface area is 143 Å². The van der Waals surface area contributed by atoms with Crippen LogP contribution in [0.4, 0.5) is 8.78 Å². The zero-order valence-electron chi connectivity index (χ0n) is 13.7. The maximum absolute atomic E-state index is 13.3. The van der Waals surface area contributed by atoms with Gasteiger partial charge in [0, 0.05) is 32.3 Å². The number of nitrogens with zero attached hydrogens (tertiary/aromatic N) is 4. The molecule has 25 heavy (non-hydrogen) atoms. The van der Waals surface area contributed by atoms with Gasteiger partial charge < -0.3 is 14.2 Å². The van der Waals surface area contributed by atoms with Crippen LogP contribution in [0.25, 0.3) is 11.4 Å². The van der Waals surface area contributed by atoms with Crippen molar-refractivity contribution < 1.29 is 22.8 Å². The molecule has 0 N–H and O–H groups in total. The summed E-state index contributed by atoms with van der Waals surface area (Å²) in [7, 11) is 1.60. The van der Waals surface area contributed by atoms with Crippen LogP contribution >= 0.6 is 0 Å². The predicted octanol–water partition coefficient (Wildman–Crippen LogP) is 1.31. The number of hydrogen-bond donors (Lipinski definition) is 0. The van der Waals surface area contributed by atoms with E-state index in [2.05, 4.69) is 10.1 Å². The molecular formula is C16H18F2N4O3. The minimum atomic E-state index is -0.971. The van der Waals surface area contributed by atoms with Crippen molar-refractivity contribution in [2.75, 3.05) is 39.9 Å². The van der Waals surface area contributed by atoms with E-state index in [-0.39, 0.29) is 18.3 Å². The summed E-state index contributed by atoms with van der Waals surface area (Å²) in [6.07, 6.45) is 0. The minimum Gasteiger partial charge on any atom is -0.383 e. The lowest BCUT2D eigenvalue weighted by Crippen LogP contribution is -2.50. The number of halogens is 2. The van der Waals surface area contributed by atoms with Gasteiger partial charge in [0.05, 0.1) is 19.7 Å². The molecule has 9 heteroatoms. The number of methoxy groups -OCH3 is 1. The largest absolute Gasteiger partial charge is 0.383 e. The maximum Gasteiger partial charge on any atom is 0.241 e. The smallest absolute Gasteiger partial charge is 0.241 e. The fourth-order valence-corrected chi connectivity index (χ4v) is 2.59. The van der Waals surface area contributed by atoms with Gasteiger partial charge in [-0.15, -0.1) is 0 Å². The van der Waals surface area contributed by atoms with Gasteiger partial charge in [-0.3, -0.25) is 9.69 Å². The van der Waals surface area contributed by atoms with E-state index in [4.69, 9.17) is 9.26 Å². The number of rotatable bonds is 6. The number of aromatic nitrogens is 2. The van der Waals surface area contributed by atoms with E-state index in [1.54, 1.807) is 12.0 Å². The van der Waals surface area contributed by atoms with Gasteiger partial charge in [-0.2, -0.15) is 4.98 Å². The molecule has 0 aliphatic carbocycles. The van der Waals surface area contributed by atoms with E-state index in [9.17, 15) is 13.6 Å². The van der Waals surface area contributed by atoms with Crippen molar-refractivity contribution in [3.8, 4) is 11.4 Å². The Morgan fingerprint density at radius 2 is 2.12 bits per heavy atom. The molecule has 2 aromatic rings. The molecule has 7 nitrogen and oxygen atoms in total. The van der Waals surface area contributed by atoms with Gasteiger partial charge in [-0.05, 0) is 18.2 Å². The first-order valence-electron chi connectivity index (χ1n) is 7.84.